The molecule has 1 fully saturated rings. The van der Waals surface area contributed by atoms with Crippen LogP contribution in [0.4, 0.5) is 11.4 Å². The summed E-state index contributed by atoms with van der Waals surface area (Å²) >= 11 is 0. The molecule has 1 aliphatic carbocycles. The highest BCUT2D eigenvalue weighted by Gasteiger charge is 2.27. The zero-order valence-corrected chi connectivity index (χ0v) is 16.5. The molecule has 0 unspecified atom stereocenters. The number of ether oxygens (including phenoxy) is 1. The summed E-state index contributed by atoms with van der Waals surface area (Å²) in [6, 6.07) is 12.4. The summed E-state index contributed by atoms with van der Waals surface area (Å²) in [4.78, 5) is 2.66. The molecule has 0 radical (unpaired) electrons. The van der Waals surface area contributed by atoms with Gasteiger partial charge in [0.2, 0.25) is 0 Å². The van der Waals surface area contributed by atoms with E-state index in [0.717, 1.165) is 31.8 Å². The number of aryl methyl sites for hydroxylation is 1. The van der Waals surface area contributed by atoms with E-state index in [-0.39, 0.29) is 4.90 Å². The van der Waals surface area contributed by atoms with Crippen molar-refractivity contribution in [3.8, 4) is 5.75 Å². The van der Waals surface area contributed by atoms with E-state index in [9.17, 15) is 8.42 Å². The van der Waals surface area contributed by atoms with Gasteiger partial charge in [-0.25, -0.2) is 8.42 Å². The lowest BCUT2D eigenvalue weighted by Crippen LogP contribution is -2.31. The predicted molar refractivity (Wildman–Crippen MR) is 108 cm³/mol. The summed E-state index contributed by atoms with van der Waals surface area (Å²) in [7, 11) is -3.62. The largest absolute Gasteiger partial charge is 0.494 e. The summed E-state index contributed by atoms with van der Waals surface area (Å²) in [5, 5.41) is 0. The number of fused-ring (bicyclic) bond motifs is 1. The van der Waals surface area contributed by atoms with Crippen molar-refractivity contribution < 1.29 is 13.2 Å². The van der Waals surface area contributed by atoms with E-state index in [2.05, 4.69) is 15.7 Å². The molecule has 0 aromatic heterocycles. The fourth-order valence-corrected chi connectivity index (χ4v) is 4.66. The Labute approximate surface area is 161 Å². The third kappa shape index (κ3) is 4.21. The molecule has 0 atom stereocenters. The van der Waals surface area contributed by atoms with Crippen molar-refractivity contribution in [1.29, 1.82) is 0 Å². The molecule has 6 heteroatoms. The molecule has 0 bridgehead atoms. The smallest absolute Gasteiger partial charge is 0.261 e. The Kier molecular flexibility index (Phi) is 5.00. The fraction of sp³-hybridized carbons (Fsp3) is 0.429. The number of rotatable bonds is 7. The SMILES string of the molecule is CCOc1ccc(S(=O)(=O)Nc2ccc3c(c2)N(CC2CC2)CCC3)cc1. The lowest BCUT2D eigenvalue weighted by molar-refractivity contribution is 0.340. The molecule has 0 amide bonds. The normalized spacial score (nSPS) is 16.7. The molecular formula is C21H26N2O3S. The topological polar surface area (TPSA) is 58.6 Å². The standard InChI is InChI=1S/C21H26N2O3S/c1-2-26-19-9-11-20(12-10-19)27(24,25)22-18-8-7-17-4-3-13-23(21(17)14-18)15-16-5-6-16/h7-12,14,16,22H,2-6,13,15H2,1H3. The maximum atomic E-state index is 12.7. The third-order valence-electron chi connectivity index (χ3n) is 5.17. The number of benzene rings is 2. The van der Waals surface area contributed by atoms with Crippen LogP contribution in [-0.4, -0.2) is 28.1 Å². The van der Waals surface area contributed by atoms with Crippen molar-refractivity contribution in [1.82, 2.24) is 0 Å². The lowest BCUT2D eigenvalue weighted by atomic mass is 10.0. The van der Waals surface area contributed by atoms with Crippen LogP contribution in [0.5, 0.6) is 5.75 Å². The monoisotopic (exact) mass is 386 g/mol. The van der Waals surface area contributed by atoms with Crippen LogP contribution in [0.2, 0.25) is 0 Å². The maximum absolute atomic E-state index is 12.7. The molecule has 2 aromatic rings. The van der Waals surface area contributed by atoms with Gasteiger partial charge in [0.1, 0.15) is 5.75 Å². The molecule has 1 aliphatic heterocycles. The van der Waals surface area contributed by atoms with Gasteiger partial charge >= 0.3 is 0 Å². The molecule has 1 saturated carbocycles. The van der Waals surface area contributed by atoms with Crippen LogP contribution < -0.4 is 14.4 Å². The molecule has 27 heavy (non-hydrogen) atoms. The molecule has 1 heterocycles. The van der Waals surface area contributed by atoms with Crippen LogP contribution in [-0.2, 0) is 16.4 Å². The Morgan fingerprint density at radius 2 is 1.93 bits per heavy atom. The van der Waals surface area contributed by atoms with Gasteiger partial charge in [-0.15, -0.1) is 0 Å². The Hall–Kier alpha value is -2.21. The summed E-state index contributed by atoms with van der Waals surface area (Å²) < 4.78 is 33.6. The summed E-state index contributed by atoms with van der Waals surface area (Å²) in [5.41, 5.74) is 3.11. The van der Waals surface area contributed by atoms with Gasteiger partial charge < -0.3 is 9.64 Å². The van der Waals surface area contributed by atoms with Gasteiger partial charge in [-0.05, 0) is 80.5 Å². The molecule has 4 rings (SSSR count). The zero-order chi connectivity index (χ0) is 18.9. The second-order valence-corrected chi connectivity index (χ2v) is 9.03. The van der Waals surface area contributed by atoms with Crippen molar-refractivity contribution in [2.24, 2.45) is 5.92 Å². The van der Waals surface area contributed by atoms with Crippen molar-refractivity contribution in [3.05, 3.63) is 48.0 Å². The molecule has 144 valence electrons. The van der Waals surface area contributed by atoms with Gasteiger partial charge in [-0.3, -0.25) is 4.72 Å². The van der Waals surface area contributed by atoms with E-state index in [1.807, 2.05) is 19.1 Å². The van der Waals surface area contributed by atoms with Crippen LogP contribution in [0, 0.1) is 5.92 Å². The van der Waals surface area contributed by atoms with Gasteiger partial charge in [0.15, 0.2) is 0 Å². The number of anilines is 2. The van der Waals surface area contributed by atoms with Crippen molar-refractivity contribution in [3.63, 3.8) is 0 Å². The van der Waals surface area contributed by atoms with E-state index in [4.69, 9.17) is 4.74 Å². The maximum Gasteiger partial charge on any atom is 0.261 e. The molecule has 0 saturated heterocycles. The van der Waals surface area contributed by atoms with Crippen molar-refractivity contribution >= 4 is 21.4 Å². The minimum absolute atomic E-state index is 0.235. The van der Waals surface area contributed by atoms with Crippen LogP contribution in [0.3, 0.4) is 0 Å². The van der Waals surface area contributed by atoms with E-state index in [1.54, 1.807) is 24.3 Å². The molecule has 2 aromatic carbocycles. The Bertz CT molecular complexity index is 906. The number of nitrogens with zero attached hydrogens (tertiary/aromatic N) is 1. The number of hydrogen-bond acceptors (Lipinski definition) is 4. The van der Waals surface area contributed by atoms with Crippen LogP contribution >= 0.6 is 0 Å². The first-order valence-corrected chi connectivity index (χ1v) is 11.2. The second kappa shape index (κ2) is 7.43. The molecule has 1 N–H and O–H groups in total. The predicted octanol–water partition coefficient (Wildman–Crippen LogP) is 4.05. The number of nitrogens with one attached hydrogen (secondary N) is 1. The van der Waals surface area contributed by atoms with Gasteiger partial charge in [-0.2, -0.15) is 0 Å². The third-order valence-corrected chi connectivity index (χ3v) is 6.57. The molecule has 0 spiro atoms. The van der Waals surface area contributed by atoms with Crippen LogP contribution in [0.15, 0.2) is 47.4 Å². The second-order valence-electron chi connectivity index (χ2n) is 7.35. The Balaban J connectivity index is 1.54. The Morgan fingerprint density at radius 1 is 1.15 bits per heavy atom. The van der Waals surface area contributed by atoms with Crippen LogP contribution in [0.25, 0.3) is 0 Å². The van der Waals surface area contributed by atoms with E-state index < -0.39 is 10.0 Å². The van der Waals surface area contributed by atoms with E-state index >= 15 is 0 Å². The molecule has 2 aliphatic rings. The van der Waals surface area contributed by atoms with E-state index in [1.165, 1.54) is 24.1 Å². The average Bonchev–Trinajstić information content (AvgIpc) is 3.47. The van der Waals surface area contributed by atoms with Gasteiger partial charge in [0.05, 0.1) is 17.2 Å². The number of sulfonamides is 1. The highest BCUT2D eigenvalue weighted by molar-refractivity contribution is 7.92. The number of hydrogen-bond donors (Lipinski definition) is 1. The molecule has 5 nitrogen and oxygen atoms in total. The lowest BCUT2D eigenvalue weighted by Gasteiger charge is -2.32. The first-order valence-electron chi connectivity index (χ1n) is 9.69. The minimum Gasteiger partial charge on any atom is -0.494 e. The quantitative estimate of drug-likeness (QED) is 0.780. The van der Waals surface area contributed by atoms with E-state index in [0.29, 0.717) is 18.0 Å². The summed E-state index contributed by atoms with van der Waals surface area (Å²) in [6.07, 6.45) is 4.85. The minimum atomic E-state index is -3.62. The van der Waals surface area contributed by atoms with Gasteiger partial charge in [0.25, 0.3) is 10.0 Å². The zero-order valence-electron chi connectivity index (χ0n) is 15.6. The van der Waals surface area contributed by atoms with Crippen molar-refractivity contribution in [2.45, 2.75) is 37.5 Å². The van der Waals surface area contributed by atoms with Crippen molar-refractivity contribution in [2.75, 3.05) is 29.3 Å². The summed E-state index contributed by atoms with van der Waals surface area (Å²) in [6.45, 7) is 4.59. The van der Waals surface area contributed by atoms with Gasteiger partial charge in [-0.1, -0.05) is 6.07 Å². The first kappa shape index (κ1) is 18.2. The highest BCUT2D eigenvalue weighted by Crippen LogP contribution is 2.36. The highest BCUT2D eigenvalue weighted by atomic mass is 32.2. The summed E-state index contributed by atoms with van der Waals surface area (Å²) in [5.74, 6) is 1.47. The fourth-order valence-electron chi connectivity index (χ4n) is 3.61. The first-order chi connectivity index (χ1) is 13.0. The average molecular weight is 387 g/mol. The Morgan fingerprint density at radius 3 is 2.63 bits per heavy atom. The van der Waals surface area contributed by atoms with Crippen LogP contribution in [0.1, 0.15) is 31.7 Å². The van der Waals surface area contributed by atoms with Gasteiger partial charge in [0, 0.05) is 18.8 Å². The molecular weight excluding hydrogens is 360 g/mol.